The highest BCUT2D eigenvalue weighted by atomic mass is 35.5. The van der Waals surface area contributed by atoms with E-state index >= 15 is 0 Å². The van der Waals surface area contributed by atoms with Crippen LogP contribution >= 0.6 is 12.4 Å². The van der Waals surface area contributed by atoms with Crippen LogP contribution in [0.15, 0.2) is 18.2 Å². The molecule has 0 amide bonds. The lowest BCUT2D eigenvalue weighted by atomic mass is 10.1. The van der Waals surface area contributed by atoms with Gasteiger partial charge in [0, 0.05) is 0 Å². The molecule has 0 bridgehead atoms. The quantitative estimate of drug-likeness (QED) is 0.843. The summed E-state index contributed by atoms with van der Waals surface area (Å²) in [6.07, 6.45) is 0.864. The highest BCUT2D eigenvalue weighted by Gasteiger charge is 2.04. The fourth-order valence-electron chi connectivity index (χ4n) is 1.31. The zero-order chi connectivity index (χ0) is 10.4. The van der Waals surface area contributed by atoms with Crippen molar-refractivity contribution in [2.45, 2.75) is 13.3 Å². The third kappa shape index (κ3) is 3.98. The largest absolute Gasteiger partial charge is 0.493 e. The van der Waals surface area contributed by atoms with Crippen molar-refractivity contribution in [1.29, 1.82) is 0 Å². The Hall–Kier alpha value is -0.930. The summed E-state index contributed by atoms with van der Waals surface area (Å²) in [6, 6.07) is 5.91. The maximum Gasteiger partial charge on any atom is 0.161 e. The molecule has 1 rings (SSSR count). The van der Waals surface area contributed by atoms with Crippen molar-refractivity contribution in [3.63, 3.8) is 0 Å². The number of nitrogens with two attached hydrogens (primary N) is 1. The summed E-state index contributed by atoms with van der Waals surface area (Å²) in [4.78, 5) is 0. The number of halogens is 1. The van der Waals surface area contributed by atoms with Gasteiger partial charge in [0.25, 0.3) is 0 Å². The molecule has 0 saturated heterocycles. The van der Waals surface area contributed by atoms with Crippen molar-refractivity contribution >= 4 is 12.4 Å². The van der Waals surface area contributed by atoms with E-state index < -0.39 is 0 Å². The van der Waals surface area contributed by atoms with E-state index in [-0.39, 0.29) is 12.4 Å². The highest BCUT2D eigenvalue weighted by Crippen LogP contribution is 2.27. The summed E-state index contributed by atoms with van der Waals surface area (Å²) in [6.45, 7) is 3.25. The summed E-state index contributed by atoms with van der Waals surface area (Å²) in [5.74, 6) is 1.56. The Morgan fingerprint density at radius 2 is 2.00 bits per heavy atom. The van der Waals surface area contributed by atoms with Crippen LogP contribution in [0.25, 0.3) is 0 Å². The molecule has 0 saturated carbocycles. The summed E-state index contributed by atoms with van der Waals surface area (Å²) in [5, 5.41) is 0. The minimum atomic E-state index is 0. The van der Waals surface area contributed by atoms with Crippen LogP contribution in [-0.2, 0) is 6.42 Å². The molecule has 3 nitrogen and oxygen atoms in total. The second-order valence-electron chi connectivity index (χ2n) is 2.96. The fraction of sp³-hybridized carbons (Fsp3) is 0.455. The summed E-state index contributed by atoms with van der Waals surface area (Å²) in [5.41, 5.74) is 6.65. The molecule has 0 radical (unpaired) electrons. The molecule has 86 valence electrons. The first kappa shape index (κ1) is 14.1. The number of hydrogen-bond acceptors (Lipinski definition) is 3. The molecule has 0 unspecified atom stereocenters. The van der Waals surface area contributed by atoms with Gasteiger partial charge in [0.15, 0.2) is 11.5 Å². The molecule has 0 spiro atoms. The van der Waals surface area contributed by atoms with Gasteiger partial charge in [0.1, 0.15) is 0 Å². The van der Waals surface area contributed by atoms with Gasteiger partial charge in [-0.2, -0.15) is 0 Å². The van der Waals surface area contributed by atoms with Crippen LogP contribution in [0.2, 0.25) is 0 Å². The Bertz CT molecular complexity index is 292. The molecule has 0 aliphatic heterocycles. The Morgan fingerprint density at radius 1 is 1.27 bits per heavy atom. The van der Waals surface area contributed by atoms with Gasteiger partial charge in [-0.15, -0.1) is 12.4 Å². The molecule has 4 heteroatoms. The van der Waals surface area contributed by atoms with E-state index in [9.17, 15) is 0 Å². The number of benzene rings is 1. The lowest BCUT2D eigenvalue weighted by Crippen LogP contribution is -2.03. The van der Waals surface area contributed by atoms with Crippen molar-refractivity contribution in [3.05, 3.63) is 23.8 Å². The van der Waals surface area contributed by atoms with Crippen molar-refractivity contribution in [3.8, 4) is 11.5 Å². The molecule has 1 aromatic rings. The van der Waals surface area contributed by atoms with E-state index in [1.807, 2.05) is 25.1 Å². The molecular weight excluding hydrogens is 214 g/mol. The van der Waals surface area contributed by atoms with Gasteiger partial charge in [-0.25, -0.2) is 0 Å². The second kappa shape index (κ2) is 7.37. The standard InChI is InChI=1S/C11H17NO2.ClH/c1-3-14-10-5-4-9(6-7-12)8-11(10)13-2;/h4-5,8H,3,6-7,12H2,1-2H3;1H. The molecule has 0 aliphatic rings. The first-order valence-electron chi connectivity index (χ1n) is 4.81. The topological polar surface area (TPSA) is 44.5 Å². The minimum Gasteiger partial charge on any atom is -0.493 e. The van der Waals surface area contributed by atoms with Crippen LogP contribution in [0.5, 0.6) is 11.5 Å². The van der Waals surface area contributed by atoms with Crippen LogP contribution in [0.1, 0.15) is 12.5 Å². The maximum absolute atomic E-state index is 5.48. The fourth-order valence-corrected chi connectivity index (χ4v) is 1.31. The lowest BCUT2D eigenvalue weighted by Gasteiger charge is -2.10. The molecular formula is C11H18ClNO2. The summed E-state index contributed by atoms with van der Waals surface area (Å²) < 4.78 is 10.6. The van der Waals surface area contributed by atoms with Crippen molar-refractivity contribution in [2.75, 3.05) is 20.3 Å². The van der Waals surface area contributed by atoms with Gasteiger partial charge in [0.05, 0.1) is 13.7 Å². The van der Waals surface area contributed by atoms with E-state index in [1.165, 1.54) is 5.56 Å². The first-order chi connectivity index (χ1) is 6.81. The SMILES string of the molecule is CCOc1ccc(CCN)cc1OC.Cl. The predicted molar refractivity (Wildman–Crippen MR) is 64.2 cm³/mol. The van der Waals surface area contributed by atoms with Crippen molar-refractivity contribution < 1.29 is 9.47 Å². The summed E-state index contributed by atoms with van der Waals surface area (Å²) in [7, 11) is 1.64. The number of hydrogen-bond donors (Lipinski definition) is 1. The predicted octanol–water partition coefficient (Wildman–Crippen LogP) is 2.02. The summed E-state index contributed by atoms with van der Waals surface area (Å²) >= 11 is 0. The molecule has 0 aliphatic carbocycles. The van der Waals surface area contributed by atoms with Crippen molar-refractivity contribution in [2.24, 2.45) is 5.73 Å². The molecule has 0 atom stereocenters. The molecule has 0 heterocycles. The number of rotatable bonds is 5. The van der Waals surface area contributed by atoms with Crippen LogP contribution in [0, 0.1) is 0 Å². The Balaban J connectivity index is 0.00000196. The Kier molecular flexibility index (Phi) is 6.92. The molecule has 0 aromatic heterocycles. The van der Waals surface area contributed by atoms with Gasteiger partial charge in [-0.3, -0.25) is 0 Å². The van der Waals surface area contributed by atoms with E-state index in [0.29, 0.717) is 13.2 Å². The average molecular weight is 232 g/mol. The van der Waals surface area contributed by atoms with Crippen LogP contribution in [-0.4, -0.2) is 20.3 Å². The smallest absolute Gasteiger partial charge is 0.161 e. The Labute approximate surface area is 97.0 Å². The first-order valence-corrected chi connectivity index (χ1v) is 4.81. The molecule has 0 fully saturated rings. The molecule has 1 aromatic carbocycles. The van der Waals surface area contributed by atoms with Gasteiger partial charge in [-0.05, 0) is 37.6 Å². The monoisotopic (exact) mass is 231 g/mol. The number of ether oxygens (including phenoxy) is 2. The zero-order valence-electron chi connectivity index (χ0n) is 9.16. The number of methoxy groups -OCH3 is 1. The van der Waals surface area contributed by atoms with Gasteiger partial charge in [0.2, 0.25) is 0 Å². The van der Waals surface area contributed by atoms with Gasteiger partial charge in [-0.1, -0.05) is 6.07 Å². The van der Waals surface area contributed by atoms with E-state index in [4.69, 9.17) is 15.2 Å². The van der Waals surface area contributed by atoms with Crippen LogP contribution in [0.3, 0.4) is 0 Å². The highest BCUT2D eigenvalue weighted by molar-refractivity contribution is 5.85. The van der Waals surface area contributed by atoms with Crippen molar-refractivity contribution in [1.82, 2.24) is 0 Å². The van der Waals surface area contributed by atoms with E-state index in [1.54, 1.807) is 7.11 Å². The Morgan fingerprint density at radius 3 is 2.53 bits per heavy atom. The third-order valence-corrected chi connectivity index (χ3v) is 1.96. The molecule has 2 N–H and O–H groups in total. The molecule has 15 heavy (non-hydrogen) atoms. The lowest BCUT2D eigenvalue weighted by molar-refractivity contribution is 0.310. The average Bonchev–Trinajstić information content (AvgIpc) is 2.21. The maximum atomic E-state index is 5.48. The zero-order valence-corrected chi connectivity index (χ0v) is 9.97. The third-order valence-electron chi connectivity index (χ3n) is 1.96. The second-order valence-corrected chi connectivity index (χ2v) is 2.96. The van der Waals surface area contributed by atoms with E-state index in [2.05, 4.69) is 0 Å². The van der Waals surface area contributed by atoms with Gasteiger partial charge < -0.3 is 15.2 Å². The minimum absolute atomic E-state index is 0. The van der Waals surface area contributed by atoms with E-state index in [0.717, 1.165) is 17.9 Å². The normalized spacial score (nSPS) is 9.27. The van der Waals surface area contributed by atoms with Crippen LogP contribution < -0.4 is 15.2 Å². The van der Waals surface area contributed by atoms with Crippen LogP contribution in [0.4, 0.5) is 0 Å². The van der Waals surface area contributed by atoms with Gasteiger partial charge >= 0.3 is 0 Å².